The average molecular weight is 155 g/mol. The Morgan fingerprint density at radius 1 is 1.73 bits per heavy atom. The van der Waals surface area contributed by atoms with Crippen LogP contribution >= 0.6 is 0 Å². The summed E-state index contributed by atoms with van der Waals surface area (Å²) in [5.74, 6) is -0.132. The summed E-state index contributed by atoms with van der Waals surface area (Å²) in [4.78, 5) is 20.9. The Bertz CT molecular complexity index is 170. The molecule has 1 saturated heterocycles. The molecule has 1 fully saturated rings. The van der Waals surface area contributed by atoms with E-state index in [0.717, 1.165) is 19.4 Å². The van der Waals surface area contributed by atoms with Gasteiger partial charge in [-0.25, -0.2) is 5.01 Å². The Morgan fingerprint density at radius 2 is 2.45 bits per heavy atom. The van der Waals surface area contributed by atoms with Crippen LogP contribution in [0.25, 0.3) is 0 Å². The molecule has 1 unspecified atom stereocenters. The fraction of sp³-hybridized carbons (Fsp3) is 0.714. The van der Waals surface area contributed by atoms with E-state index in [9.17, 15) is 9.59 Å². The van der Waals surface area contributed by atoms with E-state index in [2.05, 4.69) is 5.43 Å². The van der Waals surface area contributed by atoms with E-state index in [1.54, 1.807) is 5.01 Å². The fourth-order valence-corrected chi connectivity index (χ4v) is 1.23. The molecular weight excluding hydrogens is 144 g/mol. The summed E-state index contributed by atoms with van der Waals surface area (Å²) in [6, 6.07) is -0.237. The third kappa shape index (κ3) is 2.01. The Balaban J connectivity index is 2.43. The lowest BCUT2D eigenvalue weighted by molar-refractivity contribution is -0.123. The first kappa shape index (κ1) is 8.20. The molecule has 1 rings (SSSR count). The monoisotopic (exact) mass is 155 g/mol. The van der Waals surface area contributed by atoms with Crippen LogP contribution in [-0.2, 0) is 9.59 Å². The van der Waals surface area contributed by atoms with Crippen molar-refractivity contribution in [3.63, 3.8) is 0 Å². The summed E-state index contributed by atoms with van der Waals surface area (Å²) in [6.07, 6.45) is 3.62. The van der Waals surface area contributed by atoms with Gasteiger partial charge < -0.3 is 0 Å². The minimum atomic E-state index is -0.237. The van der Waals surface area contributed by atoms with Crippen molar-refractivity contribution < 1.29 is 9.59 Å². The van der Waals surface area contributed by atoms with Gasteiger partial charge in [-0.1, -0.05) is 0 Å². The summed E-state index contributed by atoms with van der Waals surface area (Å²) in [5.41, 5.74) is 2.57. The topological polar surface area (TPSA) is 49.4 Å². The quantitative estimate of drug-likeness (QED) is 0.591. The molecule has 0 saturated carbocycles. The maximum atomic E-state index is 10.6. The summed E-state index contributed by atoms with van der Waals surface area (Å²) < 4.78 is 0. The summed E-state index contributed by atoms with van der Waals surface area (Å²) in [5, 5.41) is 1.63. The molecule has 1 radical (unpaired) electrons. The van der Waals surface area contributed by atoms with Gasteiger partial charge in [-0.15, -0.1) is 0 Å². The van der Waals surface area contributed by atoms with E-state index in [4.69, 9.17) is 0 Å². The molecule has 1 atom stereocenters. The summed E-state index contributed by atoms with van der Waals surface area (Å²) >= 11 is 0. The number of hydrogen-bond acceptors (Lipinski definition) is 3. The number of carbonyl (C=O) groups is 1. The van der Waals surface area contributed by atoms with Crippen LogP contribution < -0.4 is 5.43 Å². The number of nitrogens with one attached hydrogen (secondary N) is 1. The molecule has 0 spiro atoms. The molecule has 1 aliphatic rings. The van der Waals surface area contributed by atoms with Crippen LogP contribution in [0.3, 0.4) is 0 Å². The van der Waals surface area contributed by atoms with Gasteiger partial charge in [0.2, 0.25) is 12.2 Å². The minimum Gasteiger partial charge on any atom is -0.289 e. The number of hydrogen-bond donors (Lipinski definition) is 1. The first-order chi connectivity index (χ1) is 5.24. The fourth-order valence-electron chi connectivity index (χ4n) is 1.23. The maximum Gasteiger partial charge on any atom is 0.231 e. The van der Waals surface area contributed by atoms with Crippen molar-refractivity contribution in [2.45, 2.75) is 25.8 Å². The molecule has 1 N–H and O–H groups in total. The van der Waals surface area contributed by atoms with Gasteiger partial charge in [-0.2, -0.15) is 0 Å². The number of nitrogens with zero attached hydrogens (tertiary/aromatic N) is 1. The van der Waals surface area contributed by atoms with Crippen molar-refractivity contribution >= 4 is 12.2 Å². The maximum absolute atomic E-state index is 10.6. The van der Waals surface area contributed by atoms with Crippen molar-refractivity contribution in [2.75, 3.05) is 6.54 Å². The highest BCUT2D eigenvalue weighted by atomic mass is 16.2. The molecule has 1 heterocycles. The highest BCUT2D eigenvalue weighted by Gasteiger charge is 2.24. The van der Waals surface area contributed by atoms with Crippen LogP contribution in [0.1, 0.15) is 19.8 Å². The summed E-state index contributed by atoms with van der Waals surface area (Å²) in [6.45, 7) is 2.18. The third-order valence-corrected chi connectivity index (χ3v) is 1.69. The molecule has 0 bridgehead atoms. The van der Waals surface area contributed by atoms with E-state index >= 15 is 0 Å². The van der Waals surface area contributed by atoms with Gasteiger partial charge in [0.25, 0.3) is 0 Å². The molecule has 61 valence electrons. The zero-order chi connectivity index (χ0) is 8.27. The van der Waals surface area contributed by atoms with Gasteiger partial charge in [-0.05, 0) is 12.8 Å². The first-order valence-electron chi connectivity index (χ1n) is 3.65. The van der Waals surface area contributed by atoms with Gasteiger partial charge >= 0.3 is 0 Å². The second kappa shape index (κ2) is 3.48. The predicted molar refractivity (Wildman–Crippen MR) is 39.2 cm³/mol. The lowest BCUT2D eigenvalue weighted by Gasteiger charge is -2.18. The van der Waals surface area contributed by atoms with E-state index in [0.29, 0.717) is 0 Å². The minimum absolute atomic E-state index is 0.132. The standard InChI is InChI=1S/C7H11N2O2/c1-6(11)8-9-4-2-3-7(9)5-10/h7H,2-4H2,1H3,(H,8,11). The molecular formula is C7H11N2O2. The van der Waals surface area contributed by atoms with Crippen molar-refractivity contribution in [1.29, 1.82) is 0 Å². The number of amides is 1. The smallest absolute Gasteiger partial charge is 0.231 e. The van der Waals surface area contributed by atoms with Crippen molar-refractivity contribution in [2.24, 2.45) is 0 Å². The van der Waals surface area contributed by atoms with Gasteiger partial charge in [0, 0.05) is 13.5 Å². The lowest BCUT2D eigenvalue weighted by atomic mass is 10.2. The van der Waals surface area contributed by atoms with Crippen LogP contribution in [0.5, 0.6) is 0 Å². The van der Waals surface area contributed by atoms with E-state index in [1.807, 2.05) is 6.29 Å². The number of hydrazine groups is 1. The van der Waals surface area contributed by atoms with E-state index < -0.39 is 0 Å². The van der Waals surface area contributed by atoms with Crippen molar-refractivity contribution in [3.05, 3.63) is 0 Å². The molecule has 4 heteroatoms. The van der Waals surface area contributed by atoms with Gasteiger partial charge in [0.15, 0.2) is 0 Å². The molecule has 4 nitrogen and oxygen atoms in total. The molecule has 1 aliphatic heterocycles. The molecule has 0 aromatic carbocycles. The zero-order valence-electron chi connectivity index (χ0n) is 6.46. The highest BCUT2D eigenvalue weighted by Crippen LogP contribution is 2.11. The van der Waals surface area contributed by atoms with Gasteiger partial charge in [0.05, 0.1) is 6.04 Å². The van der Waals surface area contributed by atoms with Crippen LogP contribution in [0.2, 0.25) is 0 Å². The molecule has 0 aromatic rings. The van der Waals surface area contributed by atoms with Crippen LogP contribution in [0.15, 0.2) is 0 Å². The van der Waals surface area contributed by atoms with Gasteiger partial charge in [0.1, 0.15) is 0 Å². The Hall–Kier alpha value is -0.900. The normalized spacial score (nSPS) is 25.0. The first-order valence-corrected chi connectivity index (χ1v) is 3.65. The highest BCUT2D eigenvalue weighted by molar-refractivity contribution is 5.73. The van der Waals surface area contributed by atoms with Crippen LogP contribution in [0, 0.1) is 0 Å². The van der Waals surface area contributed by atoms with Crippen molar-refractivity contribution in [3.8, 4) is 0 Å². The largest absolute Gasteiger partial charge is 0.289 e. The second-order valence-electron chi connectivity index (χ2n) is 2.64. The van der Waals surface area contributed by atoms with E-state index in [-0.39, 0.29) is 11.9 Å². The SMILES string of the molecule is CC(=O)NN1CCCC1[C]=O. The van der Waals surface area contributed by atoms with Crippen molar-refractivity contribution in [1.82, 2.24) is 10.4 Å². The summed E-state index contributed by atoms with van der Waals surface area (Å²) in [7, 11) is 0. The number of rotatable bonds is 2. The van der Waals surface area contributed by atoms with E-state index in [1.165, 1.54) is 6.92 Å². The zero-order valence-corrected chi connectivity index (χ0v) is 6.46. The van der Waals surface area contributed by atoms with Crippen LogP contribution in [0.4, 0.5) is 0 Å². The van der Waals surface area contributed by atoms with Gasteiger partial charge in [-0.3, -0.25) is 15.0 Å². The number of carbonyl (C=O) groups excluding carboxylic acids is 2. The molecule has 0 aliphatic carbocycles. The lowest BCUT2D eigenvalue weighted by Crippen LogP contribution is -2.44. The average Bonchev–Trinajstić information content (AvgIpc) is 2.34. The predicted octanol–water partition coefficient (Wildman–Crippen LogP) is -0.388. The third-order valence-electron chi connectivity index (χ3n) is 1.69. The molecule has 1 amide bonds. The second-order valence-corrected chi connectivity index (χ2v) is 2.64. The van der Waals surface area contributed by atoms with Crippen LogP contribution in [-0.4, -0.2) is 29.8 Å². The molecule has 0 aromatic heterocycles. The Labute approximate surface area is 65.5 Å². The Kier molecular flexibility index (Phi) is 2.59. The Morgan fingerprint density at radius 3 is 3.00 bits per heavy atom. The molecule has 11 heavy (non-hydrogen) atoms.